The van der Waals surface area contributed by atoms with Gasteiger partial charge in [0.15, 0.2) is 0 Å². The molecule has 1 heterocycles. The first-order valence-corrected chi connectivity index (χ1v) is 23.3. The first-order chi connectivity index (χ1) is 33.2. The van der Waals surface area contributed by atoms with E-state index in [2.05, 4.69) is 264 Å². The van der Waals surface area contributed by atoms with Gasteiger partial charge in [-0.15, -0.1) is 0 Å². The summed E-state index contributed by atoms with van der Waals surface area (Å²) in [6.07, 6.45) is 4.65. The van der Waals surface area contributed by atoms with E-state index in [1.54, 1.807) is 0 Å². The molecule has 0 amide bonds. The average molecular weight is 851 g/mol. The molecule has 11 aromatic carbocycles. The van der Waals surface area contributed by atoms with Gasteiger partial charge < -0.3 is 9.47 Å². The topological polar surface area (TPSA) is 8.17 Å². The van der Waals surface area contributed by atoms with Crippen molar-refractivity contribution in [1.82, 2.24) is 4.57 Å². The van der Waals surface area contributed by atoms with Crippen LogP contribution in [0.1, 0.15) is 33.4 Å². The molecular formula is C65H42N2. The van der Waals surface area contributed by atoms with Gasteiger partial charge in [0, 0.05) is 33.5 Å². The summed E-state index contributed by atoms with van der Waals surface area (Å²) >= 11 is 0. The van der Waals surface area contributed by atoms with Gasteiger partial charge in [-0.25, -0.2) is 0 Å². The lowest BCUT2D eigenvalue weighted by atomic mass is 9.70. The number of para-hydroxylation sites is 2. The number of nitrogens with zero attached hydrogens (tertiary/aromatic N) is 2. The van der Waals surface area contributed by atoms with Crippen LogP contribution in [0.4, 0.5) is 17.1 Å². The van der Waals surface area contributed by atoms with Crippen molar-refractivity contribution in [2.75, 3.05) is 4.90 Å². The summed E-state index contributed by atoms with van der Waals surface area (Å²) in [5.41, 5.74) is 21.9. The molecule has 0 radical (unpaired) electrons. The fraction of sp³-hybridized carbons (Fsp3) is 0.0154. The van der Waals surface area contributed by atoms with Crippen LogP contribution >= 0.6 is 0 Å². The second-order valence-electron chi connectivity index (χ2n) is 18.0. The Balaban J connectivity index is 0.918. The van der Waals surface area contributed by atoms with Crippen molar-refractivity contribution in [1.29, 1.82) is 0 Å². The normalized spacial score (nSPS) is 13.1. The highest BCUT2D eigenvalue weighted by Gasteiger charge is 2.51. The maximum absolute atomic E-state index is 2.47. The fourth-order valence-corrected chi connectivity index (χ4v) is 11.7. The molecule has 14 rings (SSSR count). The van der Waals surface area contributed by atoms with E-state index in [-0.39, 0.29) is 0 Å². The van der Waals surface area contributed by atoms with Crippen molar-refractivity contribution in [2.24, 2.45) is 0 Å². The van der Waals surface area contributed by atoms with E-state index in [1.165, 1.54) is 99.3 Å². The van der Waals surface area contributed by atoms with Crippen molar-refractivity contribution in [3.8, 4) is 39.1 Å². The minimum Gasteiger partial charge on any atom is -0.310 e. The van der Waals surface area contributed by atoms with Crippen molar-refractivity contribution >= 4 is 61.8 Å². The Morgan fingerprint density at radius 1 is 0.358 bits per heavy atom. The molecular weight excluding hydrogens is 809 g/mol. The highest BCUT2D eigenvalue weighted by Crippen LogP contribution is 2.63. The molecule has 2 nitrogen and oxygen atoms in total. The van der Waals surface area contributed by atoms with Crippen molar-refractivity contribution in [2.45, 2.75) is 5.41 Å². The molecule has 312 valence electrons. The first kappa shape index (κ1) is 37.6. The molecule has 2 aliphatic carbocycles. The third-order valence-electron chi connectivity index (χ3n) is 14.6. The van der Waals surface area contributed by atoms with Crippen LogP contribution < -0.4 is 4.90 Å². The van der Waals surface area contributed by atoms with Crippen molar-refractivity contribution in [3.63, 3.8) is 0 Å². The van der Waals surface area contributed by atoms with Crippen LogP contribution in [0, 0.1) is 0 Å². The average Bonchev–Trinajstić information content (AvgIpc) is 4.01. The summed E-state index contributed by atoms with van der Waals surface area (Å²) in [5.74, 6) is 0. The lowest BCUT2D eigenvalue weighted by Gasteiger charge is -2.31. The molecule has 0 atom stereocenters. The molecule has 0 saturated heterocycles. The summed E-state index contributed by atoms with van der Waals surface area (Å²) in [6, 6.07) is 89.5. The predicted molar refractivity (Wildman–Crippen MR) is 281 cm³/mol. The lowest BCUT2D eigenvalue weighted by molar-refractivity contribution is 0.793. The number of benzene rings is 11. The van der Waals surface area contributed by atoms with Gasteiger partial charge in [-0.1, -0.05) is 188 Å². The highest BCUT2D eigenvalue weighted by molar-refractivity contribution is 6.25. The summed E-state index contributed by atoms with van der Waals surface area (Å²) in [5, 5.41) is 5.14. The molecule has 12 aromatic rings. The van der Waals surface area contributed by atoms with E-state index >= 15 is 0 Å². The van der Waals surface area contributed by atoms with Gasteiger partial charge in [-0.2, -0.15) is 0 Å². The summed E-state index contributed by atoms with van der Waals surface area (Å²) < 4.78 is 2.44. The molecule has 1 aromatic heterocycles. The van der Waals surface area contributed by atoms with Crippen LogP contribution in [-0.2, 0) is 5.41 Å². The van der Waals surface area contributed by atoms with Crippen LogP contribution in [-0.4, -0.2) is 4.57 Å². The molecule has 1 spiro atoms. The molecule has 0 aliphatic heterocycles. The van der Waals surface area contributed by atoms with Gasteiger partial charge in [0.1, 0.15) is 0 Å². The molecule has 67 heavy (non-hydrogen) atoms. The van der Waals surface area contributed by atoms with Crippen molar-refractivity contribution in [3.05, 3.63) is 276 Å². The minimum atomic E-state index is -0.463. The summed E-state index contributed by atoms with van der Waals surface area (Å²) in [4.78, 5) is 2.37. The Morgan fingerprint density at radius 3 is 1.69 bits per heavy atom. The number of anilines is 3. The minimum absolute atomic E-state index is 0.463. The maximum atomic E-state index is 2.47. The van der Waals surface area contributed by atoms with E-state index in [1.807, 2.05) is 0 Å². The highest BCUT2D eigenvalue weighted by atomic mass is 15.1. The molecule has 0 saturated carbocycles. The smallest absolute Gasteiger partial charge is 0.0725 e. The van der Waals surface area contributed by atoms with Crippen LogP contribution in [0.3, 0.4) is 0 Å². The van der Waals surface area contributed by atoms with Crippen molar-refractivity contribution < 1.29 is 0 Å². The quantitative estimate of drug-likeness (QED) is 0.115. The Hall–Kier alpha value is -8.72. The number of aromatic nitrogens is 1. The van der Waals surface area contributed by atoms with Gasteiger partial charge in [0.05, 0.1) is 16.4 Å². The van der Waals surface area contributed by atoms with E-state index in [4.69, 9.17) is 0 Å². The Kier molecular flexibility index (Phi) is 8.23. The molecule has 0 unspecified atom stereocenters. The van der Waals surface area contributed by atoms with Crippen LogP contribution in [0.15, 0.2) is 243 Å². The standard InChI is InChI=1S/C65H42N2/c1-4-15-44(16-5-1)45-30-34-50(35-31-45)67-61-26-14-17-47-32-38-52-46(33-40-62(67)64(52)63(47)61)29-27-43-28-37-55-56-42-51(66(48-18-6-2-7-19-48)49-20-8-3-9-21-49)36-39-59(56)65(60(55)41-43)57-24-12-10-22-53(57)54-23-11-13-25-58(54)65/h1-42H. The van der Waals surface area contributed by atoms with E-state index in [0.29, 0.717) is 0 Å². The molecule has 0 N–H and O–H groups in total. The van der Waals surface area contributed by atoms with Crippen LogP contribution in [0.25, 0.3) is 83.8 Å². The van der Waals surface area contributed by atoms with Gasteiger partial charge in [0.2, 0.25) is 0 Å². The van der Waals surface area contributed by atoms with Gasteiger partial charge in [0.25, 0.3) is 0 Å². The Bertz CT molecular complexity index is 3810. The second kappa shape index (κ2) is 14.7. The molecule has 0 fully saturated rings. The van der Waals surface area contributed by atoms with Gasteiger partial charge in [-0.05, 0) is 144 Å². The van der Waals surface area contributed by atoms with Crippen LogP contribution in [0.2, 0.25) is 0 Å². The monoisotopic (exact) mass is 850 g/mol. The number of rotatable bonds is 7. The zero-order valence-corrected chi connectivity index (χ0v) is 36.6. The Labute approximate surface area is 389 Å². The van der Waals surface area contributed by atoms with E-state index in [9.17, 15) is 0 Å². The SMILES string of the molecule is C(=Cc1ccc2c3c1ccc1cccc(c13)n2-c1ccc(-c2ccccc2)cc1)c1ccc2c(c1)C1(c3ccccc3-c3ccccc31)c1ccc(N(c3ccccc3)c3ccccc3)cc1-2. The molecule has 2 heteroatoms. The summed E-state index contributed by atoms with van der Waals surface area (Å²) in [7, 11) is 0. The molecule has 2 aliphatic rings. The molecule has 0 bridgehead atoms. The van der Waals surface area contributed by atoms with Gasteiger partial charge >= 0.3 is 0 Å². The van der Waals surface area contributed by atoms with E-state index in [0.717, 1.165) is 22.7 Å². The number of hydrogen-bond acceptors (Lipinski definition) is 1. The third-order valence-corrected chi connectivity index (χ3v) is 14.6. The summed E-state index contributed by atoms with van der Waals surface area (Å²) in [6.45, 7) is 0. The van der Waals surface area contributed by atoms with Crippen LogP contribution in [0.5, 0.6) is 0 Å². The zero-order valence-electron chi connectivity index (χ0n) is 36.6. The maximum Gasteiger partial charge on any atom is 0.0725 e. The van der Waals surface area contributed by atoms with Gasteiger partial charge in [-0.3, -0.25) is 0 Å². The first-order valence-electron chi connectivity index (χ1n) is 23.3. The largest absolute Gasteiger partial charge is 0.310 e. The second-order valence-corrected chi connectivity index (χ2v) is 18.0. The number of fused-ring (bicyclic) bond motifs is 10. The lowest BCUT2D eigenvalue weighted by Crippen LogP contribution is -2.26. The Morgan fingerprint density at radius 2 is 0.970 bits per heavy atom. The number of hydrogen-bond donors (Lipinski definition) is 0. The van der Waals surface area contributed by atoms with E-state index < -0.39 is 5.41 Å². The zero-order chi connectivity index (χ0) is 44.1. The predicted octanol–water partition coefficient (Wildman–Crippen LogP) is 17.0. The fourth-order valence-electron chi connectivity index (χ4n) is 11.7. The third kappa shape index (κ3) is 5.51.